The largest absolute Gasteiger partial charge is 0.462 e. The Kier molecular flexibility index (Phi) is 5.50. The number of aromatic nitrogens is 1. The Hall–Kier alpha value is -1.78. The molecule has 0 atom stereocenters. The van der Waals surface area contributed by atoms with Crippen molar-refractivity contribution >= 4 is 11.9 Å². The van der Waals surface area contributed by atoms with Gasteiger partial charge in [0.2, 0.25) is 0 Å². The van der Waals surface area contributed by atoms with Crippen LogP contribution in [0.25, 0.3) is 0 Å². The van der Waals surface area contributed by atoms with Gasteiger partial charge in [-0.1, -0.05) is 19.3 Å². The fourth-order valence-electron chi connectivity index (χ4n) is 3.68. The van der Waals surface area contributed by atoms with E-state index in [-0.39, 0.29) is 5.91 Å². The highest BCUT2D eigenvalue weighted by Crippen LogP contribution is 2.35. The van der Waals surface area contributed by atoms with Crippen molar-refractivity contribution in [1.82, 2.24) is 9.47 Å². The third-order valence-electron chi connectivity index (χ3n) is 4.74. The van der Waals surface area contributed by atoms with Crippen molar-refractivity contribution in [3.05, 3.63) is 22.5 Å². The minimum Gasteiger partial charge on any atom is -0.462 e. The predicted molar refractivity (Wildman–Crippen MR) is 90.0 cm³/mol. The Bertz CT molecular complexity index is 596. The van der Waals surface area contributed by atoms with E-state index in [0.717, 1.165) is 24.2 Å². The lowest BCUT2D eigenvalue weighted by molar-refractivity contribution is 0.0519. The van der Waals surface area contributed by atoms with Crippen molar-refractivity contribution in [2.75, 3.05) is 20.7 Å². The highest BCUT2D eigenvalue weighted by molar-refractivity contribution is 6.07. The molecule has 0 unspecified atom stereocenters. The predicted octanol–water partition coefficient (Wildman–Crippen LogP) is 3.49. The second kappa shape index (κ2) is 7.20. The van der Waals surface area contributed by atoms with E-state index in [1.807, 2.05) is 13.8 Å². The maximum atomic E-state index is 12.6. The third kappa shape index (κ3) is 3.28. The van der Waals surface area contributed by atoms with Crippen LogP contribution in [0.2, 0.25) is 0 Å². The van der Waals surface area contributed by atoms with Gasteiger partial charge in [-0.25, -0.2) is 4.79 Å². The van der Waals surface area contributed by atoms with E-state index in [2.05, 4.69) is 4.57 Å². The number of carbonyl (C=O) groups excluding carboxylic acids is 2. The van der Waals surface area contributed by atoms with Crippen LogP contribution in [0, 0.1) is 13.8 Å². The fourth-order valence-corrected chi connectivity index (χ4v) is 3.68. The summed E-state index contributed by atoms with van der Waals surface area (Å²) in [5, 5.41) is 0. The van der Waals surface area contributed by atoms with Crippen LogP contribution in [0.1, 0.15) is 77.2 Å². The molecule has 5 heteroatoms. The molecule has 1 aliphatic rings. The smallest absolute Gasteiger partial charge is 0.340 e. The lowest BCUT2D eigenvalue weighted by Gasteiger charge is -2.26. The van der Waals surface area contributed by atoms with Gasteiger partial charge in [-0.05, 0) is 33.6 Å². The van der Waals surface area contributed by atoms with Gasteiger partial charge in [0.1, 0.15) is 0 Å². The quantitative estimate of drug-likeness (QED) is 0.798. The summed E-state index contributed by atoms with van der Waals surface area (Å²) >= 11 is 0. The number of carbonyl (C=O) groups is 2. The Morgan fingerprint density at radius 1 is 1.09 bits per heavy atom. The van der Waals surface area contributed by atoms with E-state index in [1.165, 1.54) is 24.2 Å². The first-order valence-corrected chi connectivity index (χ1v) is 8.50. The molecular weight excluding hydrogens is 292 g/mol. The SMILES string of the molecule is CCOC(=O)c1c(C(=O)N(C)C)c(C)n(C2CCCCC2)c1C. The van der Waals surface area contributed by atoms with Gasteiger partial charge in [-0.3, -0.25) is 4.79 Å². The highest BCUT2D eigenvalue weighted by Gasteiger charge is 2.31. The molecule has 23 heavy (non-hydrogen) atoms. The summed E-state index contributed by atoms with van der Waals surface area (Å²) < 4.78 is 7.41. The topological polar surface area (TPSA) is 51.5 Å². The molecule has 0 aromatic carbocycles. The van der Waals surface area contributed by atoms with E-state index < -0.39 is 5.97 Å². The van der Waals surface area contributed by atoms with Crippen molar-refractivity contribution < 1.29 is 14.3 Å². The minimum atomic E-state index is -0.396. The molecule has 1 saturated carbocycles. The van der Waals surface area contributed by atoms with Crippen LogP contribution < -0.4 is 0 Å². The summed E-state index contributed by atoms with van der Waals surface area (Å²) in [7, 11) is 3.42. The first kappa shape index (κ1) is 17.6. The molecular formula is C18H28N2O3. The van der Waals surface area contributed by atoms with Crippen LogP contribution in [0.15, 0.2) is 0 Å². The average molecular weight is 320 g/mol. The molecule has 128 valence electrons. The number of ether oxygens (including phenoxy) is 1. The molecule has 1 aromatic heterocycles. The standard InChI is InChI=1S/C18H28N2O3/c1-6-23-18(22)16-13(3)20(14-10-8-7-9-11-14)12(2)15(16)17(21)19(4)5/h14H,6-11H2,1-5H3. The Morgan fingerprint density at radius 2 is 1.65 bits per heavy atom. The summed E-state index contributed by atoms with van der Waals surface area (Å²) in [6.45, 7) is 5.97. The summed E-state index contributed by atoms with van der Waals surface area (Å²) in [5.41, 5.74) is 2.68. The number of hydrogen-bond donors (Lipinski definition) is 0. The van der Waals surface area contributed by atoms with E-state index >= 15 is 0 Å². The van der Waals surface area contributed by atoms with Gasteiger partial charge < -0.3 is 14.2 Å². The first-order chi connectivity index (χ1) is 10.9. The molecule has 1 aromatic rings. The number of nitrogens with zero attached hydrogens (tertiary/aromatic N) is 2. The molecule has 5 nitrogen and oxygen atoms in total. The summed E-state index contributed by atoms with van der Waals surface area (Å²) in [4.78, 5) is 26.6. The van der Waals surface area contributed by atoms with Gasteiger partial charge in [0.05, 0.1) is 17.7 Å². The van der Waals surface area contributed by atoms with Gasteiger partial charge in [0, 0.05) is 31.5 Å². The second-order valence-electron chi connectivity index (χ2n) is 6.50. The molecule has 0 N–H and O–H groups in total. The second-order valence-corrected chi connectivity index (χ2v) is 6.50. The molecule has 1 aliphatic carbocycles. The highest BCUT2D eigenvalue weighted by atomic mass is 16.5. The maximum Gasteiger partial charge on any atom is 0.340 e. The van der Waals surface area contributed by atoms with Crippen LogP contribution in [0.3, 0.4) is 0 Å². The molecule has 0 bridgehead atoms. The molecule has 1 amide bonds. The summed E-state index contributed by atoms with van der Waals surface area (Å²) in [5.74, 6) is -0.531. The van der Waals surface area contributed by atoms with Crippen LogP contribution >= 0.6 is 0 Å². The fraction of sp³-hybridized carbons (Fsp3) is 0.667. The van der Waals surface area contributed by atoms with Crippen molar-refractivity contribution in [1.29, 1.82) is 0 Å². The van der Waals surface area contributed by atoms with Crippen LogP contribution in [-0.2, 0) is 4.74 Å². The van der Waals surface area contributed by atoms with Crippen LogP contribution in [0.4, 0.5) is 0 Å². The maximum absolute atomic E-state index is 12.6. The first-order valence-electron chi connectivity index (χ1n) is 8.50. The molecule has 0 spiro atoms. The Morgan fingerprint density at radius 3 is 2.17 bits per heavy atom. The Balaban J connectivity index is 2.58. The van der Waals surface area contributed by atoms with Gasteiger partial charge in [-0.2, -0.15) is 0 Å². The zero-order valence-corrected chi connectivity index (χ0v) is 14.9. The summed E-state index contributed by atoms with van der Waals surface area (Å²) in [6, 6.07) is 0.376. The van der Waals surface area contributed by atoms with Crippen molar-refractivity contribution in [3.63, 3.8) is 0 Å². The third-order valence-corrected chi connectivity index (χ3v) is 4.74. The number of rotatable bonds is 4. The zero-order valence-electron chi connectivity index (χ0n) is 14.9. The molecule has 0 radical (unpaired) electrons. The van der Waals surface area contributed by atoms with Crippen molar-refractivity contribution in [2.24, 2.45) is 0 Å². The van der Waals surface area contributed by atoms with Crippen molar-refractivity contribution in [3.8, 4) is 0 Å². The van der Waals surface area contributed by atoms with Gasteiger partial charge >= 0.3 is 5.97 Å². The average Bonchev–Trinajstić information content (AvgIpc) is 2.78. The number of amides is 1. The lowest BCUT2D eigenvalue weighted by Crippen LogP contribution is -2.24. The van der Waals surface area contributed by atoms with Crippen LogP contribution in [0.5, 0.6) is 0 Å². The number of esters is 1. The van der Waals surface area contributed by atoms with Gasteiger partial charge in [0.25, 0.3) is 5.91 Å². The molecule has 2 rings (SSSR count). The molecule has 0 aliphatic heterocycles. The van der Waals surface area contributed by atoms with E-state index in [4.69, 9.17) is 4.74 Å². The van der Waals surface area contributed by atoms with E-state index in [1.54, 1.807) is 21.0 Å². The minimum absolute atomic E-state index is 0.136. The lowest BCUT2D eigenvalue weighted by atomic mass is 9.95. The zero-order chi connectivity index (χ0) is 17.1. The van der Waals surface area contributed by atoms with Gasteiger partial charge in [0.15, 0.2) is 0 Å². The van der Waals surface area contributed by atoms with Crippen LogP contribution in [-0.4, -0.2) is 42.0 Å². The van der Waals surface area contributed by atoms with Gasteiger partial charge in [-0.15, -0.1) is 0 Å². The molecule has 0 saturated heterocycles. The number of hydrogen-bond acceptors (Lipinski definition) is 3. The van der Waals surface area contributed by atoms with E-state index in [9.17, 15) is 9.59 Å². The van der Waals surface area contributed by atoms with E-state index in [0.29, 0.717) is 23.8 Å². The monoisotopic (exact) mass is 320 g/mol. The summed E-state index contributed by atoms with van der Waals surface area (Å²) in [6.07, 6.45) is 5.88. The van der Waals surface area contributed by atoms with Crippen molar-refractivity contribution in [2.45, 2.75) is 58.9 Å². The normalized spacial score (nSPS) is 15.5. The molecule has 1 heterocycles. The molecule has 1 fully saturated rings. The Labute approximate surface area is 138 Å².